The van der Waals surface area contributed by atoms with Crippen molar-refractivity contribution < 1.29 is 9.84 Å². The van der Waals surface area contributed by atoms with Gasteiger partial charge >= 0.3 is 0 Å². The zero-order chi connectivity index (χ0) is 21.3. The smallest absolute Gasteiger partial charge is 0.276 e. The van der Waals surface area contributed by atoms with Gasteiger partial charge in [-0.15, -0.1) is 0 Å². The lowest BCUT2D eigenvalue weighted by Gasteiger charge is -2.14. The molecule has 0 bridgehead atoms. The molecule has 0 aliphatic heterocycles. The molecule has 0 saturated carbocycles. The van der Waals surface area contributed by atoms with Gasteiger partial charge in [0.25, 0.3) is 5.56 Å². The minimum absolute atomic E-state index is 0.160. The third-order valence-electron chi connectivity index (χ3n) is 5.35. The van der Waals surface area contributed by atoms with E-state index >= 15 is 0 Å². The second-order valence-corrected chi connectivity index (χ2v) is 7.43. The van der Waals surface area contributed by atoms with Crippen molar-refractivity contribution in [2.24, 2.45) is 0 Å². The van der Waals surface area contributed by atoms with E-state index in [2.05, 4.69) is 31.1 Å². The second-order valence-electron chi connectivity index (χ2n) is 7.43. The zero-order valence-corrected chi connectivity index (χ0v) is 17.4. The maximum Gasteiger partial charge on any atom is 0.276 e. The molecule has 1 unspecified atom stereocenters. The number of benzene rings is 2. The van der Waals surface area contributed by atoms with Gasteiger partial charge in [0.05, 0.1) is 24.9 Å². The Hall–Kier alpha value is -3.38. The third-order valence-corrected chi connectivity index (χ3v) is 5.35. The molecule has 0 amide bonds. The number of nitrogens with zero attached hydrogens (tertiary/aromatic N) is 3. The van der Waals surface area contributed by atoms with Gasteiger partial charge in [-0.05, 0) is 61.7 Å². The van der Waals surface area contributed by atoms with Gasteiger partial charge in [-0.25, -0.2) is 4.52 Å². The molecule has 4 rings (SSSR count). The Kier molecular flexibility index (Phi) is 5.42. The molecule has 0 radical (unpaired) electrons. The summed E-state index contributed by atoms with van der Waals surface area (Å²) in [5.74, 6) is 0.755. The van der Waals surface area contributed by atoms with Gasteiger partial charge in [-0.2, -0.15) is 5.10 Å². The third kappa shape index (κ3) is 3.86. The fourth-order valence-electron chi connectivity index (χ4n) is 3.46. The fraction of sp³-hybridized carbons (Fsp3) is 0.250. The highest BCUT2D eigenvalue weighted by Crippen LogP contribution is 2.22. The van der Waals surface area contributed by atoms with E-state index in [0.717, 1.165) is 22.6 Å². The van der Waals surface area contributed by atoms with Crippen molar-refractivity contribution in [2.75, 3.05) is 6.61 Å². The quantitative estimate of drug-likeness (QED) is 0.530. The van der Waals surface area contributed by atoms with Crippen LogP contribution in [0.15, 0.2) is 65.7 Å². The minimum Gasteiger partial charge on any atom is -0.494 e. The molecule has 0 saturated heterocycles. The number of aromatic nitrogens is 3. The van der Waals surface area contributed by atoms with Crippen molar-refractivity contribution in [1.29, 1.82) is 0 Å². The summed E-state index contributed by atoms with van der Waals surface area (Å²) in [5, 5.41) is 15.2. The molecule has 0 fully saturated rings. The first-order chi connectivity index (χ1) is 14.5. The number of hydrogen-bond donors (Lipinski definition) is 1. The van der Waals surface area contributed by atoms with Crippen LogP contribution in [0.1, 0.15) is 29.7 Å². The Morgan fingerprint density at radius 1 is 1.03 bits per heavy atom. The number of ether oxygens (including phenoxy) is 1. The Bertz CT molecular complexity index is 1240. The summed E-state index contributed by atoms with van der Waals surface area (Å²) in [6.07, 6.45) is 2.60. The van der Waals surface area contributed by atoms with Crippen LogP contribution in [-0.4, -0.2) is 25.9 Å². The van der Waals surface area contributed by atoms with E-state index in [0.29, 0.717) is 12.1 Å². The molecule has 0 aliphatic carbocycles. The first-order valence-electron chi connectivity index (χ1n) is 10.0. The minimum atomic E-state index is -0.803. The zero-order valence-electron chi connectivity index (χ0n) is 17.4. The van der Waals surface area contributed by atoms with E-state index in [9.17, 15) is 9.90 Å². The Labute approximate surface area is 175 Å². The van der Waals surface area contributed by atoms with E-state index in [4.69, 9.17) is 4.74 Å². The van der Waals surface area contributed by atoms with Gasteiger partial charge in [0.1, 0.15) is 11.3 Å². The van der Waals surface area contributed by atoms with Gasteiger partial charge < -0.3 is 14.4 Å². The van der Waals surface area contributed by atoms with Crippen LogP contribution in [-0.2, 0) is 6.54 Å². The van der Waals surface area contributed by atoms with Gasteiger partial charge in [0.2, 0.25) is 0 Å². The standard InChI is InChI=1S/C24H25N3O3/c1-4-30-20-9-7-18(8-10-20)23(28)15-26-11-12-27-22(24(26)29)14-21(25-27)19-6-5-16(2)17(3)13-19/h5-14,23,28H,4,15H2,1-3H3. The molecule has 0 spiro atoms. The predicted molar refractivity (Wildman–Crippen MR) is 117 cm³/mol. The fourth-order valence-corrected chi connectivity index (χ4v) is 3.46. The highest BCUT2D eigenvalue weighted by molar-refractivity contribution is 5.66. The van der Waals surface area contributed by atoms with Crippen LogP contribution in [0.25, 0.3) is 16.8 Å². The number of aryl methyl sites for hydroxylation is 2. The molecule has 2 aromatic carbocycles. The summed E-state index contributed by atoms with van der Waals surface area (Å²) in [5.41, 5.74) is 5.14. The van der Waals surface area contributed by atoms with Crippen LogP contribution in [0.4, 0.5) is 0 Å². The molecular formula is C24H25N3O3. The van der Waals surface area contributed by atoms with Crippen molar-refractivity contribution >= 4 is 5.52 Å². The lowest BCUT2D eigenvalue weighted by atomic mass is 10.0. The van der Waals surface area contributed by atoms with Crippen LogP contribution < -0.4 is 10.3 Å². The van der Waals surface area contributed by atoms with E-state index in [-0.39, 0.29) is 12.1 Å². The van der Waals surface area contributed by atoms with Gasteiger partial charge in [0.15, 0.2) is 0 Å². The first-order valence-corrected chi connectivity index (χ1v) is 10.0. The second kappa shape index (κ2) is 8.16. The summed E-state index contributed by atoms with van der Waals surface area (Å²) < 4.78 is 8.54. The molecule has 6 nitrogen and oxygen atoms in total. The molecule has 2 aromatic heterocycles. The Balaban J connectivity index is 1.61. The summed E-state index contributed by atoms with van der Waals surface area (Å²) >= 11 is 0. The maximum absolute atomic E-state index is 13.0. The average Bonchev–Trinajstić information content (AvgIpc) is 3.18. The lowest BCUT2D eigenvalue weighted by molar-refractivity contribution is 0.155. The Morgan fingerprint density at radius 3 is 2.50 bits per heavy atom. The van der Waals surface area contributed by atoms with Crippen molar-refractivity contribution in [3.05, 3.63) is 88.0 Å². The number of hydrogen-bond acceptors (Lipinski definition) is 4. The average molecular weight is 403 g/mol. The molecule has 0 aliphatic rings. The molecule has 1 atom stereocenters. The molecule has 6 heteroatoms. The van der Waals surface area contributed by atoms with Crippen LogP contribution >= 0.6 is 0 Å². The van der Waals surface area contributed by atoms with Gasteiger partial charge in [0, 0.05) is 18.0 Å². The SMILES string of the molecule is CCOc1ccc(C(O)Cn2ccn3nc(-c4ccc(C)c(C)c4)cc3c2=O)cc1. The monoisotopic (exact) mass is 403 g/mol. The maximum atomic E-state index is 13.0. The molecule has 30 heavy (non-hydrogen) atoms. The van der Waals surface area contributed by atoms with Crippen LogP contribution in [0.2, 0.25) is 0 Å². The van der Waals surface area contributed by atoms with Crippen molar-refractivity contribution in [3.8, 4) is 17.0 Å². The number of aliphatic hydroxyl groups excluding tert-OH is 1. The normalized spacial score (nSPS) is 12.3. The number of fused-ring (bicyclic) bond motifs is 1. The highest BCUT2D eigenvalue weighted by atomic mass is 16.5. The molecule has 154 valence electrons. The highest BCUT2D eigenvalue weighted by Gasteiger charge is 2.13. The summed E-state index contributed by atoms with van der Waals surface area (Å²) in [7, 11) is 0. The number of aliphatic hydroxyl groups is 1. The molecule has 1 N–H and O–H groups in total. The van der Waals surface area contributed by atoms with E-state index < -0.39 is 6.10 Å². The molecule has 4 aromatic rings. The van der Waals surface area contributed by atoms with Crippen molar-refractivity contribution in [3.63, 3.8) is 0 Å². The van der Waals surface area contributed by atoms with E-state index in [1.54, 1.807) is 23.0 Å². The number of rotatable bonds is 6. The summed E-state index contributed by atoms with van der Waals surface area (Å²) in [6, 6.07) is 15.2. The topological polar surface area (TPSA) is 68.8 Å². The lowest BCUT2D eigenvalue weighted by Crippen LogP contribution is -2.24. The summed E-state index contributed by atoms with van der Waals surface area (Å²) in [4.78, 5) is 13.0. The molecular weight excluding hydrogens is 378 g/mol. The van der Waals surface area contributed by atoms with E-state index in [1.807, 2.05) is 37.3 Å². The predicted octanol–water partition coefficient (Wildman–Crippen LogP) is 3.91. The first kappa shape index (κ1) is 19.9. The molecule has 2 heterocycles. The van der Waals surface area contributed by atoms with Gasteiger partial charge in [-0.1, -0.05) is 24.3 Å². The van der Waals surface area contributed by atoms with Crippen molar-refractivity contribution in [1.82, 2.24) is 14.2 Å². The van der Waals surface area contributed by atoms with Crippen LogP contribution in [0, 0.1) is 13.8 Å². The summed E-state index contributed by atoms with van der Waals surface area (Å²) in [6.45, 7) is 6.80. The van der Waals surface area contributed by atoms with Crippen LogP contribution in [0.3, 0.4) is 0 Å². The van der Waals surface area contributed by atoms with Crippen LogP contribution in [0.5, 0.6) is 5.75 Å². The Morgan fingerprint density at radius 2 is 1.80 bits per heavy atom. The van der Waals surface area contributed by atoms with E-state index in [1.165, 1.54) is 15.7 Å². The van der Waals surface area contributed by atoms with Crippen molar-refractivity contribution in [2.45, 2.75) is 33.4 Å². The largest absolute Gasteiger partial charge is 0.494 e. The van der Waals surface area contributed by atoms with Gasteiger partial charge in [-0.3, -0.25) is 4.79 Å².